The van der Waals surface area contributed by atoms with Crippen molar-refractivity contribution in [2.24, 2.45) is 33.8 Å². The van der Waals surface area contributed by atoms with Crippen molar-refractivity contribution >= 4 is 29.7 Å². The lowest BCUT2D eigenvalue weighted by Gasteiger charge is -2.26. The number of hydrogen-bond acceptors (Lipinski definition) is 7. The summed E-state index contributed by atoms with van der Waals surface area (Å²) in [4.78, 5) is 54.9. The van der Waals surface area contributed by atoms with Crippen LogP contribution in [0.25, 0.3) is 0 Å². The Morgan fingerprint density at radius 1 is 0.846 bits per heavy atom. The second kappa shape index (κ2) is 17.7. The summed E-state index contributed by atoms with van der Waals surface area (Å²) in [6.07, 6.45) is 1.98. The van der Waals surface area contributed by atoms with E-state index in [1.54, 1.807) is 44.2 Å². The number of rotatable bonds is 18. The van der Waals surface area contributed by atoms with Crippen molar-refractivity contribution < 1.29 is 24.3 Å². The van der Waals surface area contributed by atoms with Crippen molar-refractivity contribution in [1.29, 1.82) is 0 Å². The summed E-state index contributed by atoms with van der Waals surface area (Å²) in [7, 11) is 0. The summed E-state index contributed by atoms with van der Waals surface area (Å²) in [5.74, 6) is -3.22. The normalized spacial score (nSPS) is 14.0. The van der Waals surface area contributed by atoms with Gasteiger partial charge in [-0.25, -0.2) is 4.79 Å². The fourth-order valence-electron chi connectivity index (χ4n) is 3.70. The Labute approximate surface area is 229 Å². The van der Waals surface area contributed by atoms with Crippen molar-refractivity contribution in [2.75, 3.05) is 13.1 Å². The van der Waals surface area contributed by atoms with Crippen molar-refractivity contribution in [1.82, 2.24) is 16.0 Å². The SMILES string of the molecule is CC(C)C(N)C(=O)NC(CCCN=C(N)N)C(=O)NC(CCCCN)C(=O)NC(Cc1ccccc1)C(=O)O. The maximum atomic E-state index is 13.3. The van der Waals surface area contributed by atoms with Gasteiger partial charge in [-0.15, -0.1) is 0 Å². The van der Waals surface area contributed by atoms with Crippen LogP contribution >= 0.6 is 0 Å². The van der Waals surface area contributed by atoms with Crippen LogP contribution in [0.3, 0.4) is 0 Å². The molecule has 4 unspecified atom stereocenters. The van der Waals surface area contributed by atoms with E-state index in [9.17, 15) is 24.3 Å². The molecule has 0 aliphatic rings. The molecule has 0 spiro atoms. The predicted molar refractivity (Wildman–Crippen MR) is 149 cm³/mol. The van der Waals surface area contributed by atoms with Crippen LogP contribution in [-0.2, 0) is 25.6 Å². The minimum absolute atomic E-state index is 0.0714. The molecule has 1 aromatic rings. The number of unbranched alkanes of at least 4 members (excludes halogenated alkanes) is 1. The zero-order valence-electron chi connectivity index (χ0n) is 22.8. The molecule has 0 radical (unpaired) electrons. The van der Waals surface area contributed by atoms with Crippen LogP contribution < -0.4 is 38.9 Å². The minimum Gasteiger partial charge on any atom is -0.480 e. The van der Waals surface area contributed by atoms with Crippen LogP contribution in [0.1, 0.15) is 51.5 Å². The molecule has 0 heterocycles. The Hall–Kier alpha value is -3.71. The molecule has 0 aliphatic carbocycles. The summed E-state index contributed by atoms with van der Waals surface area (Å²) >= 11 is 0. The average Bonchev–Trinajstić information content (AvgIpc) is 2.89. The number of carbonyl (C=O) groups excluding carboxylic acids is 3. The second-order valence-corrected chi connectivity index (χ2v) is 9.71. The van der Waals surface area contributed by atoms with Crippen molar-refractivity contribution in [3.63, 3.8) is 0 Å². The largest absolute Gasteiger partial charge is 0.480 e. The quantitative estimate of drug-likeness (QED) is 0.0632. The van der Waals surface area contributed by atoms with Gasteiger partial charge >= 0.3 is 5.97 Å². The van der Waals surface area contributed by atoms with Gasteiger partial charge in [0.2, 0.25) is 17.7 Å². The summed E-state index contributed by atoms with van der Waals surface area (Å²) in [5, 5.41) is 17.6. The number of aliphatic imine (C=N–C) groups is 1. The molecule has 1 rings (SSSR count). The smallest absolute Gasteiger partial charge is 0.326 e. The summed E-state index contributed by atoms with van der Waals surface area (Å²) < 4.78 is 0. The molecule has 13 nitrogen and oxygen atoms in total. The summed E-state index contributed by atoms with van der Waals surface area (Å²) in [6, 6.07) is 4.79. The minimum atomic E-state index is -1.20. The highest BCUT2D eigenvalue weighted by molar-refractivity contribution is 5.94. The molecule has 218 valence electrons. The maximum absolute atomic E-state index is 13.3. The highest BCUT2D eigenvalue weighted by atomic mass is 16.4. The number of carboxylic acid groups (broad SMARTS) is 1. The first-order valence-corrected chi connectivity index (χ1v) is 13.1. The fraction of sp³-hybridized carbons (Fsp3) is 0.577. The standard InChI is InChI=1S/C26H44N8O5/c1-16(2)21(28)24(37)33-19(12-8-14-31-26(29)30)22(35)32-18(11-6-7-13-27)23(36)34-20(25(38)39)15-17-9-4-3-5-10-17/h3-5,9-10,16,18-21H,6-8,11-15,27-28H2,1-2H3,(H,32,35)(H,33,37)(H,34,36)(H,38,39)(H4,29,30,31). The van der Waals surface area contributed by atoms with E-state index in [1.165, 1.54) is 0 Å². The molecule has 0 aromatic heterocycles. The summed E-state index contributed by atoms with van der Waals surface area (Å²) in [6.45, 7) is 4.19. The third kappa shape index (κ3) is 13.1. The van der Waals surface area contributed by atoms with Gasteiger partial charge in [0.15, 0.2) is 5.96 Å². The lowest BCUT2D eigenvalue weighted by molar-refractivity contribution is -0.142. The molecule has 0 saturated heterocycles. The Kier molecular flexibility index (Phi) is 15.2. The Bertz CT molecular complexity index is 953. The molecule has 39 heavy (non-hydrogen) atoms. The zero-order chi connectivity index (χ0) is 29.4. The van der Waals surface area contributed by atoms with Gasteiger partial charge in [0.05, 0.1) is 6.04 Å². The molecule has 1 aromatic carbocycles. The first-order valence-electron chi connectivity index (χ1n) is 13.1. The van der Waals surface area contributed by atoms with E-state index in [2.05, 4.69) is 20.9 Å². The number of guanidine groups is 1. The third-order valence-electron chi connectivity index (χ3n) is 6.08. The Balaban J connectivity index is 3.05. The molecule has 4 atom stereocenters. The number of aliphatic carboxylic acids is 1. The Morgan fingerprint density at radius 3 is 1.90 bits per heavy atom. The second-order valence-electron chi connectivity index (χ2n) is 9.71. The Morgan fingerprint density at radius 2 is 1.38 bits per heavy atom. The van der Waals surface area contributed by atoms with Crippen LogP contribution in [0.2, 0.25) is 0 Å². The van der Waals surface area contributed by atoms with E-state index >= 15 is 0 Å². The van der Waals surface area contributed by atoms with Crippen molar-refractivity contribution in [3.8, 4) is 0 Å². The van der Waals surface area contributed by atoms with Gasteiger partial charge in [-0.1, -0.05) is 44.2 Å². The molecule has 13 heteroatoms. The first kappa shape index (κ1) is 33.3. The number of nitrogens with zero attached hydrogens (tertiary/aromatic N) is 1. The maximum Gasteiger partial charge on any atom is 0.326 e. The topological polar surface area (TPSA) is 241 Å². The van der Waals surface area contributed by atoms with Gasteiger partial charge in [0.25, 0.3) is 0 Å². The number of carbonyl (C=O) groups is 4. The summed E-state index contributed by atoms with van der Waals surface area (Å²) in [5.41, 5.74) is 23.0. The van der Waals surface area contributed by atoms with Crippen molar-refractivity contribution in [2.45, 2.75) is 76.5 Å². The third-order valence-corrected chi connectivity index (χ3v) is 6.08. The molecule has 0 saturated carbocycles. The lowest BCUT2D eigenvalue weighted by atomic mass is 10.0. The van der Waals surface area contributed by atoms with Crippen LogP contribution in [0.15, 0.2) is 35.3 Å². The molecule has 12 N–H and O–H groups in total. The fourth-order valence-corrected chi connectivity index (χ4v) is 3.70. The van der Waals surface area contributed by atoms with Gasteiger partial charge in [-0.05, 0) is 50.1 Å². The van der Waals surface area contributed by atoms with Crippen LogP contribution in [-0.4, -0.2) is 72.0 Å². The average molecular weight is 549 g/mol. The van der Waals surface area contributed by atoms with E-state index in [-0.39, 0.29) is 37.7 Å². The highest BCUT2D eigenvalue weighted by Crippen LogP contribution is 2.08. The first-order chi connectivity index (χ1) is 18.5. The van der Waals surface area contributed by atoms with Gasteiger partial charge < -0.3 is 44.0 Å². The molecular formula is C26H44N8O5. The predicted octanol–water partition coefficient (Wildman–Crippen LogP) is -1.07. The van der Waals surface area contributed by atoms with Crippen LogP contribution in [0.5, 0.6) is 0 Å². The van der Waals surface area contributed by atoms with Crippen molar-refractivity contribution in [3.05, 3.63) is 35.9 Å². The van der Waals surface area contributed by atoms with Gasteiger partial charge in [-0.2, -0.15) is 0 Å². The van der Waals surface area contributed by atoms with E-state index in [0.717, 1.165) is 5.56 Å². The number of hydrogen-bond donors (Lipinski definition) is 8. The van der Waals surface area contributed by atoms with E-state index in [4.69, 9.17) is 22.9 Å². The van der Waals surface area contributed by atoms with E-state index in [1.807, 2.05) is 0 Å². The van der Waals surface area contributed by atoms with Gasteiger partial charge in [0, 0.05) is 13.0 Å². The van der Waals surface area contributed by atoms with Gasteiger partial charge in [-0.3, -0.25) is 19.4 Å². The number of amides is 3. The molecule has 0 fully saturated rings. The number of benzene rings is 1. The highest BCUT2D eigenvalue weighted by Gasteiger charge is 2.30. The van der Waals surface area contributed by atoms with E-state index in [0.29, 0.717) is 25.8 Å². The molecular weight excluding hydrogens is 504 g/mol. The van der Waals surface area contributed by atoms with Gasteiger partial charge in [0.1, 0.15) is 18.1 Å². The number of nitrogens with two attached hydrogens (primary N) is 4. The zero-order valence-corrected chi connectivity index (χ0v) is 22.8. The van der Waals surface area contributed by atoms with Crippen LogP contribution in [0, 0.1) is 5.92 Å². The molecule has 0 aliphatic heterocycles. The monoisotopic (exact) mass is 548 g/mol. The number of carboxylic acids is 1. The lowest BCUT2D eigenvalue weighted by Crippen LogP contribution is -2.57. The molecule has 3 amide bonds. The number of nitrogens with one attached hydrogen (secondary N) is 3. The molecule has 0 bridgehead atoms. The van der Waals surface area contributed by atoms with Crippen LogP contribution in [0.4, 0.5) is 0 Å². The van der Waals surface area contributed by atoms with E-state index < -0.39 is 47.9 Å².